The highest BCUT2D eigenvalue weighted by atomic mass is 16.6. The molecule has 0 aliphatic heterocycles. The van der Waals surface area contributed by atoms with Gasteiger partial charge in [0, 0.05) is 57.3 Å². The first-order valence-electron chi connectivity index (χ1n) is 28.0. The zero-order valence-electron chi connectivity index (χ0n) is 47.4. The summed E-state index contributed by atoms with van der Waals surface area (Å²) >= 11 is 0. The SMILES string of the molecule is CCCCOc1nc(N)c2nc(O)n(Cc3ccc(C(=O)NCCCOCCOCCOCCCNC(=O)CCC(=O)Oc4ccc(/C=C/C(=O)NCC(=O)N[C@H](C(=O)NCCCC(=O)OC5CCCC5)C(C)C)cc4OC)cc3)c2n1. The molecule has 1 saturated carbocycles. The molecular weight excluding hydrogens is 1060 g/mol. The number of rotatable bonds is 38. The number of imidazole rings is 1. The Labute approximate surface area is 477 Å². The third-order valence-electron chi connectivity index (χ3n) is 12.7. The predicted molar refractivity (Wildman–Crippen MR) is 302 cm³/mol. The topological polar surface area (TPSA) is 334 Å². The van der Waals surface area contributed by atoms with Crippen molar-refractivity contribution in [3.05, 3.63) is 65.2 Å². The quantitative estimate of drug-likeness (QED) is 0.0144. The van der Waals surface area contributed by atoms with Gasteiger partial charge in [0.05, 0.1) is 59.7 Å². The molecule has 1 aliphatic rings. The second kappa shape index (κ2) is 35.7. The van der Waals surface area contributed by atoms with Gasteiger partial charge < -0.3 is 70.6 Å². The van der Waals surface area contributed by atoms with Crippen molar-refractivity contribution in [2.24, 2.45) is 5.92 Å². The molecule has 5 rings (SSSR count). The first kappa shape index (κ1) is 64.9. The number of aromatic nitrogens is 4. The van der Waals surface area contributed by atoms with E-state index in [1.807, 2.05) is 6.92 Å². The van der Waals surface area contributed by atoms with Gasteiger partial charge in [0.25, 0.3) is 11.9 Å². The van der Waals surface area contributed by atoms with Gasteiger partial charge in [0.15, 0.2) is 28.5 Å². The van der Waals surface area contributed by atoms with Gasteiger partial charge in [-0.15, -0.1) is 0 Å². The monoisotopic (exact) mass is 1140 g/mol. The third-order valence-corrected chi connectivity index (χ3v) is 12.7. The summed E-state index contributed by atoms with van der Waals surface area (Å²) in [5, 5.41) is 24.1. The summed E-state index contributed by atoms with van der Waals surface area (Å²) in [5.74, 6) is -2.80. The van der Waals surface area contributed by atoms with Crippen LogP contribution < -0.4 is 46.5 Å². The Morgan fingerprint density at radius 3 is 2.11 bits per heavy atom. The summed E-state index contributed by atoms with van der Waals surface area (Å²) in [7, 11) is 1.39. The van der Waals surface area contributed by atoms with Gasteiger partial charge in [0.1, 0.15) is 12.1 Å². The maximum absolute atomic E-state index is 12.8. The summed E-state index contributed by atoms with van der Waals surface area (Å²) in [6, 6.07) is 10.6. The lowest BCUT2D eigenvalue weighted by Crippen LogP contribution is -2.52. The van der Waals surface area contributed by atoms with Crippen molar-refractivity contribution in [2.75, 3.05) is 85.3 Å². The van der Waals surface area contributed by atoms with Crippen LogP contribution in [0.4, 0.5) is 5.82 Å². The van der Waals surface area contributed by atoms with Crippen molar-refractivity contribution in [1.82, 2.24) is 46.1 Å². The Morgan fingerprint density at radius 2 is 1.43 bits per heavy atom. The Hall–Kier alpha value is -7.90. The summed E-state index contributed by atoms with van der Waals surface area (Å²) in [4.78, 5) is 100. The summed E-state index contributed by atoms with van der Waals surface area (Å²) in [5.41, 5.74) is 8.49. The number of benzene rings is 2. The van der Waals surface area contributed by atoms with Gasteiger partial charge in [-0.2, -0.15) is 15.0 Å². The van der Waals surface area contributed by atoms with Crippen LogP contribution in [-0.4, -0.2) is 158 Å². The molecule has 1 fully saturated rings. The lowest BCUT2D eigenvalue weighted by molar-refractivity contribution is -0.149. The van der Waals surface area contributed by atoms with E-state index in [9.17, 15) is 38.7 Å². The van der Waals surface area contributed by atoms with Crippen LogP contribution in [-0.2, 0) is 54.3 Å². The number of esters is 2. The highest BCUT2D eigenvalue weighted by molar-refractivity contribution is 5.96. The third kappa shape index (κ3) is 23.3. The lowest BCUT2D eigenvalue weighted by Gasteiger charge is -2.21. The number of carbonyl (C=O) groups is 7. The van der Waals surface area contributed by atoms with E-state index in [1.165, 1.54) is 29.9 Å². The molecule has 2 heterocycles. The standard InChI is InChI=1S/C57H80N10O15/c1-5-6-30-80-56-65-52(58)51-53(66-56)67(57(75)64-51)37-40-15-19-41(20-16-40)54(73)60-27-11-29-78-32-34-79-33-31-77-28-10-26-59-45(68)23-24-49(72)82-43-21-17-39(35-44(43)76-4)18-22-46(69)62-36-47(70)63-50(38(2)3)55(74)61-25-9-14-48(71)81-42-12-7-8-13-42/h15-22,35,38,42,50H,5-14,23-34,36-37H2,1-4H3,(H,59,68)(H,60,73)(H,61,74)(H,62,69)(H,63,70)(H,64,75)(H2,58,65,66)/b22-18+/t50-/m0/s1. The number of carbonyl (C=O) groups excluding carboxylic acids is 7. The molecule has 2 aromatic carbocycles. The maximum atomic E-state index is 12.8. The number of fused-ring (bicyclic) bond motifs is 1. The smallest absolute Gasteiger partial charge is 0.320 e. The number of nitrogens with one attached hydrogen (secondary N) is 5. The second-order valence-corrected chi connectivity index (χ2v) is 19.6. The molecule has 1 aliphatic carbocycles. The van der Waals surface area contributed by atoms with E-state index in [-0.39, 0.29) is 104 Å². The number of nitrogens with two attached hydrogens (primary N) is 1. The van der Waals surface area contributed by atoms with Crippen molar-refractivity contribution in [3.8, 4) is 23.5 Å². The average Bonchev–Trinajstić information content (AvgIpc) is 4.32. The van der Waals surface area contributed by atoms with E-state index in [0.29, 0.717) is 95.4 Å². The number of amides is 5. The molecule has 25 heteroatoms. The van der Waals surface area contributed by atoms with Crippen LogP contribution in [0, 0.1) is 5.92 Å². The van der Waals surface area contributed by atoms with Crippen LogP contribution in [0.15, 0.2) is 48.5 Å². The van der Waals surface area contributed by atoms with E-state index in [1.54, 1.807) is 50.2 Å². The number of nitrogens with zero attached hydrogens (tertiary/aromatic N) is 4. The Morgan fingerprint density at radius 1 is 0.744 bits per heavy atom. The number of methoxy groups -OCH3 is 1. The van der Waals surface area contributed by atoms with Crippen LogP contribution in [0.5, 0.6) is 23.5 Å². The summed E-state index contributed by atoms with van der Waals surface area (Å²) < 4.78 is 40.1. The summed E-state index contributed by atoms with van der Waals surface area (Å²) in [6.45, 7) is 9.23. The number of aromatic hydroxyl groups is 1. The molecule has 1 atom stereocenters. The molecular formula is C57H80N10O15. The minimum Gasteiger partial charge on any atom is -0.493 e. The minimum atomic E-state index is -0.847. The fourth-order valence-electron chi connectivity index (χ4n) is 8.19. The Kier molecular flexibility index (Phi) is 28.3. The van der Waals surface area contributed by atoms with E-state index in [4.69, 9.17) is 38.9 Å². The molecule has 25 nitrogen and oxygen atoms in total. The fraction of sp³-hybridized carbons (Fsp3) is 0.544. The molecule has 82 heavy (non-hydrogen) atoms. The van der Waals surface area contributed by atoms with Gasteiger partial charge in [-0.25, -0.2) is 0 Å². The highest BCUT2D eigenvalue weighted by Crippen LogP contribution is 2.30. The normalized spacial score (nSPS) is 12.7. The molecule has 8 N–H and O–H groups in total. The molecule has 4 aromatic rings. The maximum Gasteiger partial charge on any atom is 0.320 e. The first-order valence-corrected chi connectivity index (χ1v) is 28.0. The van der Waals surface area contributed by atoms with Gasteiger partial charge in [-0.1, -0.05) is 45.4 Å². The summed E-state index contributed by atoms with van der Waals surface area (Å²) in [6.07, 6.45) is 9.85. The molecule has 5 amide bonds. The molecule has 0 bridgehead atoms. The van der Waals surface area contributed by atoms with Crippen LogP contribution in [0.25, 0.3) is 17.2 Å². The van der Waals surface area contributed by atoms with E-state index in [0.717, 1.165) is 44.1 Å². The second-order valence-electron chi connectivity index (χ2n) is 19.6. The van der Waals surface area contributed by atoms with Crippen molar-refractivity contribution in [2.45, 2.75) is 117 Å². The molecule has 448 valence electrons. The van der Waals surface area contributed by atoms with Crippen LogP contribution in [0.2, 0.25) is 0 Å². The number of ether oxygens (including phenoxy) is 7. The Balaban J connectivity index is 0.837. The lowest BCUT2D eigenvalue weighted by atomic mass is 10.0. The number of unbranched alkanes of at least 4 members (excludes halogenated alkanes) is 1. The van der Waals surface area contributed by atoms with Crippen LogP contribution in [0.1, 0.15) is 119 Å². The fourth-order valence-corrected chi connectivity index (χ4v) is 8.19. The van der Waals surface area contributed by atoms with Crippen molar-refractivity contribution in [1.29, 1.82) is 0 Å². The minimum absolute atomic E-state index is 0.0101. The first-order chi connectivity index (χ1) is 39.6. The number of nitrogen functional groups attached to an aromatic ring is 1. The largest absolute Gasteiger partial charge is 0.493 e. The van der Waals surface area contributed by atoms with E-state index < -0.39 is 29.7 Å². The van der Waals surface area contributed by atoms with Crippen LogP contribution >= 0.6 is 0 Å². The Bertz CT molecular complexity index is 2730. The zero-order chi connectivity index (χ0) is 59.1. The van der Waals surface area contributed by atoms with Crippen molar-refractivity contribution < 1.29 is 71.8 Å². The molecule has 0 radical (unpaired) electrons. The van der Waals surface area contributed by atoms with Crippen molar-refractivity contribution in [3.63, 3.8) is 0 Å². The van der Waals surface area contributed by atoms with E-state index in [2.05, 4.69) is 41.5 Å². The molecule has 0 unspecified atom stereocenters. The van der Waals surface area contributed by atoms with Gasteiger partial charge >= 0.3 is 17.9 Å². The van der Waals surface area contributed by atoms with Gasteiger partial charge in [0.2, 0.25) is 23.6 Å². The van der Waals surface area contributed by atoms with Crippen LogP contribution in [0.3, 0.4) is 0 Å². The number of hydrogen-bond acceptors (Lipinski definition) is 19. The highest BCUT2D eigenvalue weighted by Gasteiger charge is 2.25. The van der Waals surface area contributed by atoms with E-state index >= 15 is 0 Å². The van der Waals surface area contributed by atoms with Gasteiger partial charge in [-0.05, 0) is 98.8 Å². The van der Waals surface area contributed by atoms with Gasteiger partial charge in [-0.3, -0.25) is 38.1 Å². The molecule has 2 aromatic heterocycles. The van der Waals surface area contributed by atoms with Crippen molar-refractivity contribution >= 4 is 64.5 Å². The number of hydrogen-bond donors (Lipinski definition) is 7. The molecule has 0 spiro atoms. The predicted octanol–water partition coefficient (Wildman–Crippen LogP) is 4.06. The number of anilines is 1. The molecule has 0 saturated heterocycles. The average molecular weight is 1150 g/mol. The zero-order valence-corrected chi connectivity index (χ0v) is 47.4.